The summed E-state index contributed by atoms with van der Waals surface area (Å²) in [5, 5.41) is 9.56. The number of likely N-dealkylation sites (N-methyl/N-ethyl adjacent to an activating group) is 1. The maximum atomic E-state index is 12.9. The molecule has 0 radical (unpaired) electrons. The summed E-state index contributed by atoms with van der Waals surface area (Å²) in [4.78, 5) is 33.4. The van der Waals surface area contributed by atoms with E-state index in [2.05, 4.69) is 80.7 Å². The van der Waals surface area contributed by atoms with Gasteiger partial charge in [0.25, 0.3) is 5.91 Å². The predicted octanol–water partition coefficient (Wildman–Crippen LogP) is 3.93. The molecule has 1 saturated carbocycles. The SMILES string of the molecule is CN1CCc2cc(Nc3ncc(C(=O)NC4CC4)c(Nc4ccnc(C(C)(C)C)n4)n3)ccc2C1. The number of carbonyl (C=O) groups is 1. The van der Waals surface area contributed by atoms with Gasteiger partial charge in [-0.2, -0.15) is 4.98 Å². The molecular formula is C26H32N8O. The molecule has 1 aromatic carbocycles. The highest BCUT2D eigenvalue weighted by Crippen LogP contribution is 2.27. The van der Waals surface area contributed by atoms with E-state index in [1.807, 2.05) is 6.07 Å². The first-order valence-corrected chi connectivity index (χ1v) is 12.1. The summed E-state index contributed by atoms with van der Waals surface area (Å²) in [6.45, 7) is 8.18. The van der Waals surface area contributed by atoms with Gasteiger partial charge in [-0.15, -0.1) is 0 Å². The summed E-state index contributed by atoms with van der Waals surface area (Å²) in [6.07, 6.45) is 6.30. The minimum Gasteiger partial charge on any atom is -0.349 e. The van der Waals surface area contributed by atoms with Gasteiger partial charge >= 0.3 is 0 Å². The molecule has 3 aromatic rings. The Labute approximate surface area is 205 Å². The Hall–Kier alpha value is -3.59. The molecule has 0 spiro atoms. The second kappa shape index (κ2) is 9.22. The number of fused-ring (bicyclic) bond motifs is 1. The van der Waals surface area contributed by atoms with Crippen molar-refractivity contribution in [3.63, 3.8) is 0 Å². The van der Waals surface area contributed by atoms with Crippen LogP contribution in [-0.2, 0) is 18.4 Å². The van der Waals surface area contributed by atoms with E-state index in [9.17, 15) is 4.79 Å². The molecule has 1 aliphatic carbocycles. The number of benzene rings is 1. The molecule has 0 bridgehead atoms. The number of nitrogens with one attached hydrogen (secondary N) is 3. The third-order valence-electron chi connectivity index (χ3n) is 6.18. The first-order chi connectivity index (χ1) is 16.7. The van der Waals surface area contributed by atoms with Gasteiger partial charge in [0.1, 0.15) is 23.0 Å². The fourth-order valence-electron chi connectivity index (χ4n) is 4.01. The van der Waals surface area contributed by atoms with Crippen LogP contribution in [0.1, 0.15) is 60.9 Å². The van der Waals surface area contributed by atoms with E-state index in [4.69, 9.17) is 0 Å². The largest absolute Gasteiger partial charge is 0.349 e. The number of amides is 1. The van der Waals surface area contributed by atoms with E-state index in [-0.39, 0.29) is 17.4 Å². The number of nitrogens with zero attached hydrogens (tertiary/aromatic N) is 5. The Balaban J connectivity index is 1.43. The van der Waals surface area contributed by atoms with Crippen molar-refractivity contribution in [2.75, 3.05) is 24.2 Å². The molecule has 1 fully saturated rings. The fraction of sp³-hybridized carbons (Fsp3) is 0.423. The third kappa shape index (κ3) is 5.57. The monoisotopic (exact) mass is 472 g/mol. The van der Waals surface area contributed by atoms with Gasteiger partial charge in [0.15, 0.2) is 0 Å². The number of anilines is 4. The summed E-state index contributed by atoms with van der Waals surface area (Å²) in [5.41, 5.74) is 3.78. The van der Waals surface area contributed by atoms with E-state index in [1.165, 1.54) is 11.1 Å². The van der Waals surface area contributed by atoms with Gasteiger partial charge in [-0.05, 0) is 55.6 Å². The second-order valence-electron chi connectivity index (χ2n) is 10.4. The number of hydrogen-bond donors (Lipinski definition) is 3. The van der Waals surface area contributed by atoms with Crippen LogP contribution in [0, 0.1) is 0 Å². The van der Waals surface area contributed by atoms with Crippen molar-refractivity contribution < 1.29 is 4.79 Å². The zero-order valence-corrected chi connectivity index (χ0v) is 20.7. The average Bonchev–Trinajstić information content (AvgIpc) is 3.63. The lowest BCUT2D eigenvalue weighted by Crippen LogP contribution is -2.27. The highest BCUT2D eigenvalue weighted by atomic mass is 16.1. The van der Waals surface area contributed by atoms with Crippen LogP contribution < -0.4 is 16.0 Å². The Morgan fingerprint density at radius 3 is 2.66 bits per heavy atom. The highest BCUT2D eigenvalue weighted by Gasteiger charge is 2.26. The molecule has 35 heavy (non-hydrogen) atoms. The van der Waals surface area contributed by atoms with Gasteiger partial charge in [-0.3, -0.25) is 4.79 Å². The molecule has 1 amide bonds. The van der Waals surface area contributed by atoms with E-state index in [0.717, 1.165) is 38.0 Å². The Bertz CT molecular complexity index is 1250. The summed E-state index contributed by atoms with van der Waals surface area (Å²) in [6, 6.07) is 8.36. The summed E-state index contributed by atoms with van der Waals surface area (Å²) in [7, 11) is 2.14. The van der Waals surface area contributed by atoms with Gasteiger partial charge < -0.3 is 20.9 Å². The molecule has 1 aliphatic heterocycles. The molecule has 3 heterocycles. The lowest BCUT2D eigenvalue weighted by Gasteiger charge is -2.25. The summed E-state index contributed by atoms with van der Waals surface area (Å²) in [5.74, 6) is 1.91. The van der Waals surface area contributed by atoms with Crippen LogP contribution in [0.5, 0.6) is 0 Å². The summed E-state index contributed by atoms with van der Waals surface area (Å²) >= 11 is 0. The van der Waals surface area contributed by atoms with Gasteiger partial charge in [-0.1, -0.05) is 26.8 Å². The van der Waals surface area contributed by atoms with Crippen molar-refractivity contribution in [1.29, 1.82) is 0 Å². The van der Waals surface area contributed by atoms with Crippen molar-refractivity contribution >= 4 is 29.2 Å². The molecule has 9 heteroatoms. The van der Waals surface area contributed by atoms with Crippen LogP contribution in [0.15, 0.2) is 36.7 Å². The highest BCUT2D eigenvalue weighted by molar-refractivity contribution is 5.99. The molecule has 9 nitrogen and oxygen atoms in total. The van der Waals surface area contributed by atoms with E-state index in [0.29, 0.717) is 29.0 Å². The van der Waals surface area contributed by atoms with E-state index in [1.54, 1.807) is 18.5 Å². The zero-order valence-electron chi connectivity index (χ0n) is 20.7. The van der Waals surface area contributed by atoms with Crippen LogP contribution in [-0.4, -0.2) is 50.4 Å². The normalized spacial score (nSPS) is 15.9. The maximum Gasteiger partial charge on any atom is 0.256 e. The van der Waals surface area contributed by atoms with Crippen molar-refractivity contribution in [2.45, 2.75) is 58.0 Å². The van der Waals surface area contributed by atoms with Crippen molar-refractivity contribution in [3.8, 4) is 0 Å². The molecule has 182 valence electrons. The van der Waals surface area contributed by atoms with Crippen molar-refractivity contribution in [2.24, 2.45) is 0 Å². The Morgan fingerprint density at radius 1 is 1.06 bits per heavy atom. The number of hydrogen-bond acceptors (Lipinski definition) is 8. The molecular weight excluding hydrogens is 440 g/mol. The number of aromatic nitrogens is 4. The smallest absolute Gasteiger partial charge is 0.256 e. The van der Waals surface area contributed by atoms with Crippen molar-refractivity contribution in [3.05, 3.63) is 59.2 Å². The minimum atomic E-state index is -0.205. The third-order valence-corrected chi connectivity index (χ3v) is 6.18. The van der Waals surface area contributed by atoms with Crippen LogP contribution in [0.25, 0.3) is 0 Å². The Kier molecular flexibility index (Phi) is 6.10. The fourth-order valence-corrected chi connectivity index (χ4v) is 4.01. The van der Waals surface area contributed by atoms with Crippen LogP contribution in [0.2, 0.25) is 0 Å². The second-order valence-corrected chi connectivity index (χ2v) is 10.4. The lowest BCUT2D eigenvalue weighted by atomic mass is 9.96. The molecule has 5 rings (SSSR count). The van der Waals surface area contributed by atoms with Crippen LogP contribution in [0.4, 0.5) is 23.3 Å². The van der Waals surface area contributed by atoms with E-state index >= 15 is 0 Å². The quantitative estimate of drug-likeness (QED) is 0.495. The van der Waals surface area contributed by atoms with Gasteiger partial charge in [0.05, 0.1) is 0 Å². The molecule has 0 saturated heterocycles. The average molecular weight is 473 g/mol. The van der Waals surface area contributed by atoms with E-state index < -0.39 is 0 Å². The molecule has 0 unspecified atom stereocenters. The molecule has 0 atom stereocenters. The minimum absolute atomic E-state index is 0.190. The molecule has 2 aromatic heterocycles. The first-order valence-electron chi connectivity index (χ1n) is 12.1. The Morgan fingerprint density at radius 2 is 1.89 bits per heavy atom. The topological polar surface area (TPSA) is 108 Å². The van der Waals surface area contributed by atoms with Crippen LogP contribution >= 0.6 is 0 Å². The number of carbonyl (C=O) groups excluding carboxylic acids is 1. The molecule has 2 aliphatic rings. The number of rotatable bonds is 6. The van der Waals surface area contributed by atoms with Crippen molar-refractivity contribution in [1.82, 2.24) is 30.2 Å². The predicted molar refractivity (Wildman–Crippen MR) is 136 cm³/mol. The molecule has 3 N–H and O–H groups in total. The van der Waals surface area contributed by atoms with Gasteiger partial charge in [-0.25, -0.2) is 15.0 Å². The standard InChI is InChI=1S/C26H32N8O/c1-26(2,3)24-27-11-9-21(32-24)31-22-20(23(35)29-18-7-8-18)14-28-25(33-22)30-19-6-5-17-15-34(4)12-10-16(17)13-19/h5-6,9,11,13-14,18H,7-8,10,12,15H2,1-4H3,(H,29,35)(H2,27,28,30,31,32,33). The van der Waals surface area contributed by atoms with Gasteiger partial charge in [0.2, 0.25) is 5.95 Å². The van der Waals surface area contributed by atoms with Gasteiger partial charge in [0, 0.05) is 42.6 Å². The zero-order chi connectivity index (χ0) is 24.6. The van der Waals surface area contributed by atoms with Crippen LogP contribution in [0.3, 0.4) is 0 Å². The first kappa shape index (κ1) is 23.2. The lowest BCUT2D eigenvalue weighted by molar-refractivity contribution is 0.0951. The summed E-state index contributed by atoms with van der Waals surface area (Å²) < 4.78 is 0. The maximum absolute atomic E-state index is 12.9.